The normalized spacial score (nSPS) is 11.2. The van der Waals surface area contributed by atoms with E-state index in [4.69, 9.17) is 0 Å². The van der Waals surface area contributed by atoms with Gasteiger partial charge in [-0.3, -0.25) is 0 Å². The Morgan fingerprint density at radius 1 is 0.958 bits per heavy atom. The van der Waals surface area contributed by atoms with Crippen molar-refractivity contribution in [3.05, 3.63) is 65.2 Å². The third-order valence-electron chi connectivity index (χ3n) is 4.11. The van der Waals surface area contributed by atoms with Crippen molar-refractivity contribution in [2.24, 2.45) is 0 Å². The van der Waals surface area contributed by atoms with E-state index in [1.807, 2.05) is 18.2 Å². The predicted molar refractivity (Wildman–Crippen MR) is 102 cm³/mol. The number of benzene rings is 2. The molecule has 0 atom stereocenters. The van der Waals surface area contributed by atoms with Gasteiger partial charge in [0.25, 0.3) is 0 Å². The van der Waals surface area contributed by atoms with Gasteiger partial charge in [0.05, 0.1) is 0 Å². The number of carbonyl (C=O) groups excluding carboxylic acids is 1. The van der Waals surface area contributed by atoms with Crippen molar-refractivity contribution in [2.75, 3.05) is 11.9 Å². The predicted octanol–water partition coefficient (Wildman–Crippen LogP) is 4.91. The van der Waals surface area contributed by atoms with Gasteiger partial charge in [-0.25, -0.2) is 4.79 Å². The van der Waals surface area contributed by atoms with E-state index in [9.17, 15) is 4.79 Å². The van der Waals surface area contributed by atoms with E-state index in [-0.39, 0.29) is 11.4 Å². The number of rotatable bonds is 5. The van der Waals surface area contributed by atoms with Crippen LogP contribution in [0.5, 0.6) is 0 Å². The second-order valence-electron chi connectivity index (χ2n) is 7.10. The number of urea groups is 1. The Morgan fingerprint density at radius 2 is 1.58 bits per heavy atom. The summed E-state index contributed by atoms with van der Waals surface area (Å²) in [5, 5.41) is 5.91. The Kier molecular flexibility index (Phi) is 6.02. The zero-order chi connectivity index (χ0) is 17.6. The van der Waals surface area contributed by atoms with Crippen LogP contribution in [0.2, 0.25) is 0 Å². The first-order chi connectivity index (χ1) is 11.4. The number of hydrogen-bond donors (Lipinski definition) is 2. The van der Waals surface area contributed by atoms with E-state index >= 15 is 0 Å². The Labute approximate surface area is 145 Å². The van der Waals surface area contributed by atoms with Crippen LogP contribution in [0.4, 0.5) is 10.5 Å². The van der Waals surface area contributed by atoms with Gasteiger partial charge in [0.2, 0.25) is 0 Å². The summed E-state index contributed by atoms with van der Waals surface area (Å²) in [6.45, 7) is 9.20. The summed E-state index contributed by atoms with van der Waals surface area (Å²) in [6.07, 6.45) is 1.88. The quantitative estimate of drug-likeness (QED) is 0.806. The summed E-state index contributed by atoms with van der Waals surface area (Å²) in [7, 11) is 0. The van der Waals surface area contributed by atoms with Gasteiger partial charge in [0.15, 0.2) is 0 Å². The molecule has 0 spiro atoms. The number of amides is 2. The highest BCUT2D eigenvalue weighted by molar-refractivity contribution is 5.90. The third-order valence-corrected chi connectivity index (χ3v) is 4.11. The second kappa shape index (κ2) is 8.00. The summed E-state index contributed by atoms with van der Waals surface area (Å²) in [5.74, 6) is 0. The minimum atomic E-state index is -0.156. The fraction of sp³-hybridized carbons (Fsp3) is 0.381. The van der Waals surface area contributed by atoms with Gasteiger partial charge in [-0.2, -0.15) is 0 Å². The summed E-state index contributed by atoms with van der Waals surface area (Å²) in [5.41, 5.74) is 4.57. The average Bonchev–Trinajstić information content (AvgIpc) is 2.55. The Balaban J connectivity index is 1.87. The van der Waals surface area contributed by atoms with Crippen LogP contribution >= 0.6 is 0 Å². The van der Waals surface area contributed by atoms with E-state index in [0.29, 0.717) is 6.54 Å². The first-order valence-electron chi connectivity index (χ1n) is 8.62. The molecule has 3 nitrogen and oxygen atoms in total. The number of carbonyl (C=O) groups is 1. The molecule has 3 heteroatoms. The topological polar surface area (TPSA) is 41.1 Å². The van der Waals surface area contributed by atoms with Crippen LogP contribution in [0.3, 0.4) is 0 Å². The molecular formula is C21H28N2O. The fourth-order valence-electron chi connectivity index (χ4n) is 2.67. The molecule has 128 valence electrons. The SMILES string of the molecule is CCc1ccc(CCNC(=O)Nc2ccccc2C(C)(C)C)cc1. The molecular weight excluding hydrogens is 296 g/mol. The van der Waals surface area contributed by atoms with Crippen molar-refractivity contribution in [1.29, 1.82) is 0 Å². The highest BCUT2D eigenvalue weighted by Crippen LogP contribution is 2.29. The van der Waals surface area contributed by atoms with E-state index in [1.54, 1.807) is 0 Å². The Hall–Kier alpha value is -2.29. The van der Waals surface area contributed by atoms with Crippen molar-refractivity contribution >= 4 is 11.7 Å². The lowest BCUT2D eigenvalue weighted by atomic mass is 9.86. The van der Waals surface area contributed by atoms with Gasteiger partial charge in [0.1, 0.15) is 0 Å². The minimum absolute atomic E-state index is 0.00903. The van der Waals surface area contributed by atoms with Crippen LogP contribution in [0, 0.1) is 0 Å². The summed E-state index contributed by atoms with van der Waals surface area (Å²) < 4.78 is 0. The van der Waals surface area contributed by atoms with Crippen molar-refractivity contribution < 1.29 is 4.79 Å². The average molecular weight is 324 g/mol. The summed E-state index contributed by atoms with van der Waals surface area (Å²) in [4.78, 5) is 12.2. The van der Waals surface area contributed by atoms with Crippen molar-refractivity contribution in [1.82, 2.24) is 5.32 Å². The Morgan fingerprint density at radius 3 is 2.21 bits per heavy atom. The maximum Gasteiger partial charge on any atom is 0.319 e. The molecule has 2 aromatic rings. The number of nitrogens with one attached hydrogen (secondary N) is 2. The molecule has 0 heterocycles. The second-order valence-corrected chi connectivity index (χ2v) is 7.10. The number of anilines is 1. The molecule has 2 aromatic carbocycles. The Bertz CT molecular complexity index is 669. The third kappa shape index (κ3) is 5.12. The monoisotopic (exact) mass is 324 g/mol. The minimum Gasteiger partial charge on any atom is -0.338 e. The molecule has 2 amide bonds. The lowest BCUT2D eigenvalue weighted by molar-refractivity contribution is 0.252. The highest BCUT2D eigenvalue weighted by atomic mass is 16.2. The molecule has 2 rings (SSSR count). The van der Waals surface area contributed by atoms with Gasteiger partial charge in [0, 0.05) is 12.2 Å². The van der Waals surface area contributed by atoms with Crippen LogP contribution in [-0.4, -0.2) is 12.6 Å². The molecule has 2 N–H and O–H groups in total. The van der Waals surface area contributed by atoms with E-state index in [1.165, 1.54) is 11.1 Å². The fourth-order valence-corrected chi connectivity index (χ4v) is 2.67. The molecule has 0 saturated carbocycles. The van der Waals surface area contributed by atoms with Crippen LogP contribution in [-0.2, 0) is 18.3 Å². The molecule has 0 unspecified atom stereocenters. The van der Waals surface area contributed by atoms with Crippen LogP contribution in [0.1, 0.15) is 44.4 Å². The lowest BCUT2D eigenvalue weighted by Gasteiger charge is -2.23. The molecule has 0 aliphatic carbocycles. The van der Waals surface area contributed by atoms with Crippen molar-refractivity contribution in [3.63, 3.8) is 0 Å². The van der Waals surface area contributed by atoms with Gasteiger partial charge >= 0.3 is 6.03 Å². The zero-order valence-electron chi connectivity index (χ0n) is 15.1. The number of hydrogen-bond acceptors (Lipinski definition) is 1. The molecule has 0 aromatic heterocycles. The number of para-hydroxylation sites is 1. The smallest absolute Gasteiger partial charge is 0.319 e. The van der Waals surface area contributed by atoms with Crippen molar-refractivity contribution in [3.8, 4) is 0 Å². The van der Waals surface area contributed by atoms with E-state index < -0.39 is 0 Å². The maximum absolute atomic E-state index is 12.2. The molecule has 0 radical (unpaired) electrons. The molecule has 0 fully saturated rings. The van der Waals surface area contributed by atoms with Crippen molar-refractivity contribution in [2.45, 2.75) is 46.0 Å². The van der Waals surface area contributed by atoms with Crippen LogP contribution in [0.15, 0.2) is 48.5 Å². The maximum atomic E-state index is 12.2. The standard InChI is InChI=1S/C21H28N2O/c1-5-16-10-12-17(13-11-16)14-15-22-20(24)23-19-9-7-6-8-18(19)21(2,3)4/h6-13H,5,14-15H2,1-4H3,(H2,22,23,24). The molecule has 24 heavy (non-hydrogen) atoms. The van der Waals surface area contributed by atoms with Gasteiger partial charge in [-0.05, 0) is 41.0 Å². The first-order valence-corrected chi connectivity index (χ1v) is 8.62. The van der Waals surface area contributed by atoms with Crippen LogP contribution < -0.4 is 10.6 Å². The van der Waals surface area contributed by atoms with Gasteiger partial charge in [-0.15, -0.1) is 0 Å². The van der Waals surface area contributed by atoms with E-state index in [0.717, 1.165) is 24.1 Å². The molecule has 0 bridgehead atoms. The summed E-state index contributed by atoms with van der Waals surface area (Å²) >= 11 is 0. The molecule has 0 aliphatic rings. The lowest BCUT2D eigenvalue weighted by Crippen LogP contribution is -2.31. The largest absolute Gasteiger partial charge is 0.338 e. The zero-order valence-corrected chi connectivity index (χ0v) is 15.1. The number of aryl methyl sites for hydroxylation is 1. The first kappa shape index (κ1) is 18.1. The summed E-state index contributed by atoms with van der Waals surface area (Å²) in [6, 6.07) is 16.4. The molecule has 0 aliphatic heterocycles. The van der Waals surface area contributed by atoms with E-state index in [2.05, 4.69) is 68.7 Å². The van der Waals surface area contributed by atoms with Gasteiger partial charge in [-0.1, -0.05) is 70.2 Å². The van der Waals surface area contributed by atoms with Crippen LogP contribution in [0.25, 0.3) is 0 Å². The van der Waals surface area contributed by atoms with Gasteiger partial charge < -0.3 is 10.6 Å². The molecule has 0 saturated heterocycles. The highest BCUT2D eigenvalue weighted by Gasteiger charge is 2.18.